The Kier molecular flexibility index (Phi) is 7.26. The van der Waals surface area contributed by atoms with Crippen LogP contribution in [0, 0.1) is 13.8 Å². The van der Waals surface area contributed by atoms with E-state index in [-0.39, 0.29) is 0 Å². The number of aromatic nitrogens is 2. The minimum absolute atomic E-state index is 0.353. The summed E-state index contributed by atoms with van der Waals surface area (Å²) >= 11 is 0. The first-order valence-corrected chi connectivity index (χ1v) is 14.4. The van der Waals surface area contributed by atoms with Crippen LogP contribution >= 0.6 is 0 Å². The smallest absolute Gasteiger partial charge is 0.243 e. The zero-order valence-corrected chi connectivity index (χ0v) is 22.6. The number of sulfonamides is 1. The molecule has 0 amide bonds. The van der Waals surface area contributed by atoms with Gasteiger partial charge in [0, 0.05) is 43.9 Å². The van der Waals surface area contributed by atoms with Gasteiger partial charge in [-0.2, -0.15) is 4.31 Å². The van der Waals surface area contributed by atoms with Crippen LogP contribution in [0.3, 0.4) is 0 Å². The standard InChI is InChI=1S/C30H34N4O2S/c1-4-29-28(20-24-12-10-22(2)11-13-24)30(32-23(3)31-29)33-16-7-17-34(19-18-33)37(35,36)27-15-14-25-8-5-6-9-26(25)21-27/h5-6,8-15,21H,4,7,16-20H2,1-3H3. The van der Waals surface area contributed by atoms with Gasteiger partial charge in [-0.25, -0.2) is 18.4 Å². The van der Waals surface area contributed by atoms with Crippen molar-refractivity contribution in [2.24, 2.45) is 0 Å². The molecule has 7 heteroatoms. The first-order chi connectivity index (χ1) is 17.8. The summed E-state index contributed by atoms with van der Waals surface area (Å²) in [4.78, 5) is 12.3. The fraction of sp³-hybridized carbons (Fsp3) is 0.333. The van der Waals surface area contributed by atoms with Gasteiger partial charge in [-0.05, 0) is 55.2 Å². The summed E-state index contributed by atoms with van der Waals surface area (Å²) in [5.74, 6) is 1.69. The van der Waals surface area contributed by atoms with E-state index >= 15 is 0 Å². The van der Waals surface area contributed by atoms with Gasteiger partial charge in [-0.1, -0.05) is 67.1 Å². The Balaban J connectivity index is 1.42. The number of fused-ring (bicyclic) bond motifs is 1. The van der Waals surface area contributed by atoms with Gasteiger partial charge in [-0.3, -0.25) is 0 Å². The Labute approximate surface area is 220 Å². The van der Waals surface area contributed by atoms with Crippen LogP contribution in [0.15, 0.2) is 71.6 Å². The minimum Gasteiger partial charge on any atom is -0.355 e. The molecule has 0 atom stereocenters. The highest BCUT2D eigenvalue weighted by atomic mass is 32.2. The van der Waals surface area contributed by atoms with Crippen LogP contribution in [-0.2, 0) is 22.9 Å². The summed E-state index contributed by atoms with van der Waals surface area (Å²) in [5, 5.41) is 1.97. The van der Waals surface area contributed by atoms with E-state index in [0.717, 1.165) is 59.5 Å². The molecule has 6 nitrogen and oxygen atoms in total. The van der Waals surface area contributed by atoms with Crippen LogP contribution in [0.4, 0.5) is 5.82 Å². The van der Waals surface area contributed by atoms with Crippen molar-refractivity contribution in [3.8, 4) is 0 Å². The van der Waals surface area contributed by atoms with E-state index < -0.39 is 10.0 Å². The highest BCUT2D eigenvalue weighted by Gasteiger charge is 2.29. The number of aryl methyl sites for hydroxylation is 3. The van der Waals surface area contributed by atoms with E-state index in [1.54, 1.807) is 16.4 Å². The third-order valence-electron chi connectivity index (χ3n) is 7.13. The van der Waals surface area contributed by atoms with Crippen molar-refractivity contribution >= 4 is 26.6 Å². The Morgan fingerprint density at radius 3 is 2.35 bits per heavy atom. The maximum Gasteiger partial charge on any atom is 0.243 e. The van der Waals surface area contributed by atoms with Gasteiger partial charge in [0.2, 0.25) is 10.0 Å². The van der Waals surface area contributed by atoms with Gasteiger partial charge < -0.3 is 4.90 Å². The molecule has 1 saturated heterocycles. The SMILES string of the molecule is CCc1nc(C)nc(N2CCCN(S(=O)(=O)c3ccc4ccccc4c3)CC2)c1Cc1ccc(C)cc1. The molecular formula is C30H34N4O2S. The van der Waals surface area contributed by atoms with Crippen molar-refractivity contribution in [3.05, 3.63) is 94.9 Å². The van der Waals surface area contributed by atoms with E-state index in [0.29, 0.717) is 24.5 Å². The van der Waals surface area contributed by atoms with Crippen molar-refractivity contribution in [2.75, 3.05) is 31.1 Å². The van der Waals surface area contributed by atoms with Crippen molar-refractivity contribution in [2.45, 2.75) is 44.9 Å². The quantitative estimate of drug-likeness (QED) is 0.349. The molecule has 37 heavy (non-hydrogen) atoms. The highest BCUT2D eigenvalue weighted by molar-refractivity contribution is 7.89. The molecule has 0 spiro atoms. The molecule has 0 aliphatic carbocycles. The molecular weight excluding hydrogens is 480 g/mol. The second-order valence-corrected chi connectivity index (χ2v) is 11.7. The van der Waals surface area contributed by atoms with Gasteiger partial charge in [0.15, 0.2) is 0 Å². The summed E-state index contributed by atoms with van der Waals surface area (Å²) in [6.07, 6.45) is 2.32. The Morgan fingerprint density at radius 2 is 1.59 bits per heavy atom. The number of anilines is 1. The van der Waals surface area contributed by atoms with Crippen molar-refractivity contribution < 1.29 is 8.42 Å². The molecule has 1 aromatic heterocycles. The van der Waals surface area contributed by atoms with E-state index in [4.69, 9.17) is 9.97 Å². The Morgan fingerprint density at radius 1 is 0.838 bits per heavy atom. The fourth-order valence-corrected chi connectivity index (χ4v) is 6.61. The highest BCUT2D eigenvalue weighted by Crippen LogP contribution is 2.28. The van der Waals surface area contributed by atoms with Crippen LogP contribution < -0.4 is 4.90 Å². The second-order valence-electron chi connectivity index (χ2n) is 9.79. The summed E-state index contributed by atoms with van der Waals surface area (Å²) < 4.78 is 28.8. The van der Waals surface area contributed by atoms with E-state index in [2.05, 4.69) is 43.0 Å². The lowest BCUT2D eigenvalue weighted by Gasteiger charge is -2.26. The predicted molar refractivity (Wildman–Crippen MR) is 150 cm³/mol. The average molecular weight is 515 g/mol. The van der Waals surface area contributed by atoms with Crippen LogP contribution in [0.25, 0.3) is 10.8 Å². The number of benzene rings is 3. The molecule has 0 unspecified atom stereocenters. The van der Waals surface area contributed by atoms with Crippen LogP contribution in [-0.4, -0.2) is 48.9 Å². The molecule has 0 N–H and O–H groups in total. The first-order valence-electron chi connectivity index (χ1n) is 13.0. The largest absolute Gasteiger partial charge is 0.355 e. The summed E-state index contributed by atoms with van der Waals surface area (Å²) in [7, 11) is -3.59. The third-order valence-corrected chi connectivity index (χ3v) is 9.03. The van der Waals surface area contributed by atoms with Crippen LogP contribution in [0.2, 0.25) is 0 Å². The average Bonchev–Trinajstić information content (AvgIpc) is 3.17. The van der Waals surface area contributed by atoms with E-state index in [9.17, 15) is 8.42 Å². The maximum atomic E-state index is 13.6. The van der Waals surface area contributed by atoms with Gasteiger partial charge in [0.1, 0.15) is 11.6 Å². The van der Waals surface area contributed by atoms with Crippen LogP contribution in [0.5, 0.6) is 0 Å². The normalized spacial score (nSPS) is 15.2. The lowest BCUT2D eigenvalue weighted by atomic mass is 10.0. The minimum atomic E-state index is -3.59. The van der Waals surface area contributed by atoms with Crippen molar-refractivity contribution in [1.29, 1.82) is 0 Å². The molecule has 2 heterocycles. The first kappa shape index (κ1) is 25.4. The summed E-state index contributed by atoms with van der Waals surface area (Å²) in [6, 6.07) is 21.9. The number of nitrogens with zero attached hydrogens (tertiary/aromatic N) is 4. The molecule has 192 valence electrons. The van der Waals surface area contributed by atoms with E-state index in [1.165, 1.54) is 11.1 Å². The number of hydrogen-bond acceptors (Lipinski definition) is 5. The fourth-order valence-electron chi connectivity index (χ4n) is 5.11. The molecule has 0 radical (unpaired) electrons. The van der Waals surface area contributed by atoms with Crippen molar-refractivity contribution in [3.63, 3.8) is 0 Å². The monoisotopic (exact) mass is 514 g/mol. The zero-order chi connectivity index (χ0) is 26.0. The Hall–Kier alpha value is -3.29. The number of hydrogen-bond donors (Lipinski definition) is 0. The topological polar surface area (TPSA) is 66.4 Å². The lowest BCUT2D eigenvalue weighted by Crippen LogP contribution is -2.35. The number of rotatable bonds is 6. The van der Waals surface area contributed by atoms with Crippen LogP contribution in [0.1, 0.15) is 41.6 Å². The summed E-state index contributed by atoms with van der Waals surface area (Å²) in [5.41, 5.74) is 4.67. The molecule has 1 fully saturated rings. The maximum absolute atomic E-state index is 13.6. The van der Waals surface area contributed by atoms with Gasteiger partial charge in [0.05, 0.1) is 4.90 Å². The molecule has 1 aliphatic heterocycles. The molecule has 0 saturated carbocycles. The van der Waals surface area contributed by atoms with Crippen molar-refractivity contribution in [1.82, 2.24) is 14.3 Å². The zero-order valence-electron chi connectivity index (χ0n) is 21.8. The molecule has 3 aromatic carbocycles. The van der Waals surface area contributed by atoms with Gasteiger partial charge in [0.25, 0.3) is 0 Å². The van der Waals surface area contributed by atoms with Gasteiger partial charge >= 0.3 is 0 Å². The van der Waals surface area contributed by atoms with Gasteiger partial charge in [-0.15, -0.1) is 0 Å². The second kappa shape index (κ2) is 10.6. The summed E-state index contributed by atoms with van der Waals surface area (Å²) in [6.45, 7) is 8.42. The molecule has 4 aromatic rings. The molecule has 0 bridgehead atoms. The Bertz CT molecular complexity index is 1520. The molecule has 1 aliphatic rings. The third kappa shape index (κ3) is 5.38. The predicted octanol–water partition coefficient (Wildman–Crippen LogP) is 5.30. The van der Waals surface area contributed by atoms with E-state index in [1.807, 2.05) is 37.3 Å². The lowest BCUT2D eigenvalue weighted by molar-refractivity contribution is 0.433. The molecule has 5 rings (SSSR count).